The van der Waals surface area contributed by atoms with Crippen molar-refractivity contribution in [3.05, 3.63) is 0 Å². The molecule has 20 heavy (non-hydrogen) atoms. The number of nitrogens with zero attached hydrogens (tertiary/aromatic N) is 2. The number of likely N-dealkylation sites (tertiary alicyclic amines) is 1. The van der Waals surface area contributed by atoms with Crippen LogP contribution in [0.15, 0.2) is 0 Å². The van der Waals surface area contributed by atoms with Gasteiger partial charge in [-0.1, -0.05) is 13.8 Å². The molecule has 0 radical (unpaired) electrons. The van der Waals surface area contributed by atoms with Crippen molar-refractivity contribution in [2.75, 3.05) is 33.8 Å². The Bertz CT molecular complexity index is 331. The van der Waals surface area contributed by atoms with Gasteiger partial charge in [-0.15, -0.1) is 0 Å². The third-order valence-corrected chi connectivity index (χ3v) is 3.98. The number of carbonyl (C=O) groups excluding carboxylic acids is 2. The Morgan fingerprint density at radius 2 is 2.15 bits per heavy atom. The second-order valence-electron chi connectivity index (χ2n) is 6.04. The number of methoxy groups -OCH3 is 1. The van der Waals surface area contributed by atoms with Crippen LogP contribution >= 0.6 is 0 Å². The van der Waals surface area contributed by atoms with E-state index in [2.05, 4.69) is 13.8 Å². The molecule has 0 aromatic rings. The summed E-state index contributed by atoms with van der Waals surface area (Å²) in [5.41, 5.74) is 0. The van der Waals surface area contributed by atoms with E-state index in [4.69, 9.17) is 4.74 Å². The van der Waals surface area contributed by atoms with Crippen LogP contribution in [0.4, 0.5) is 0 Å². The fourth-order valence-corrected chi connectivity index (χ4v) is 2.51. The molecule has 1 heterocycles. The Morgan fingerprint density at radius 3 is 2.75 bits per heavy atom. The standard InChI is InChI=1S/C15H28N2O3/c1-12(2)7-9-17-10-8-13(5-6-14(17)18)16(3)11-15(19)20-4/h12-13H,5-11H2,1-4H3. The zero-order valence-corrected chi connectivity index (χ0v) is 13.2. The van der Waals surface area contributed by atoms with Crippen LogP contribution in [0.2, 0.25) is 0 Å². The van der Waals surface area contributed by atoms with Crippen LogP contribution in [0.3, 0.4) is 0 Å². The molecule has 1 aliphatic rings. The second kappa shape index (κ2) is 8.25. The lowest BCUT2D eigenvalue weighted by Crippen LogP contribution is -2.37. The fourth-order valence-electron chi connectivity index (χ4n) is 2.51. The van der Waals surface area contributed by atoms with Gasteiger partial charge in [0.05, 0.1) is 13.7 Å². The summed E-state index contributed by atoms with van der Waals surface area (Å²) in [6.07, 6.45) is 3.38. The first kappa shape index (κ1) is 17.0. The monoisotopic (exact) mass is 284 g/mol. The molecule has 116 valence electrons. The van der Waals surface area contributed by atoms with Crippen molar-refractivity contribution in [2.24, 2.45) is 5.92 Å². The minimum Gasteiger partial charge on any atom is -0.468 e. The van der Waals surface area contributed by atoms with E-state index in [1.807, 2.05) is 16.8 Å². The Hall–Kier alpha value is -1.10. The zero-order chi connectivity index (χ0) is 15.1. The fraction of sp³-hybridized carbons (Fsp3) is 0.867. The molecular formula is C15H28N2O3. The summed E-state index contributed by atoms with van der Waals surface area (Å²) >= 11 is 0. The van der Waals surface area contributed by atoms with Crippen LogP contribution in [0.25, 0.3) is 0 Å². The smallest absolute Gasteiger partial charge is 0.319 e. The Kier molecular flexibility index (Phi) is 6.99. The van der Waals surface area contributed by atoms with Gasteiger partial charge in [0.25, 0.3) is 0 Å². The van der Waals surface area contributed by atoms with E-state index in [1.165, 1.54) is 7.11 Å². The van der Waals surface area contributed by atoms with Crippen molar-refractivity contribution in [1.82, 2.24) is 9.80 Å². The third kappa shape index (κ3) is 5.49. The van der Waals surface area contributed by atoms with Crippen LogP contribution in [0.1, 0.15) is 39.5 Å². The molecule has 1 unspecified atom stereocenters. The minimum absolute atomic E-state index is 0.222. The quantitative estimate of drug-likeness (QED) is 0.694. The van der Waals surface area contributed by atoms with E-state index in [-0.39, 0.29) is 17.9 Å². The van der Waals surface area contributed by atoms with Gasteiger partial charge in [0.15, 0.2) is 0 Å². The van der Waals surface area contributed by atoms with Gasteiger partial charge >= 0.3 is 5.97 Å². The number of rotatable bonds is 6. The van der Waals surface area contributed by atoms with Crippen molar-refractivity contribution >= 4 is 11.9 Å². The second-order valence-corrected chi connectivity index (χ2v) is 6.04. The van der Waals surface area contributed by atoms with Gasteiger partial charge in [-0.2, -0.15) is 0 Å². The van der Waals surface area contributed by atoms with Gasteiger partial charge in [0.1, 0.15) is 0 Å². The number of ether oxygens (including phenoxy) is 1. The van der Waals surface area contributed by atoms with Gasteiger partial charge in [0, 0.05) is 25.6 Å². The Morgan fingerprint density at radius 1 is 1.45 bits per heavy atom. The number of carbonyl (C=O) groups is 2. The lowest BCUT2D eigenvalue weighted by Gasteiger charge is -2.26. The van der Waals surface area contributed by atoms with Crippen LogP contribution in [0.5, 0.6) is 0 Å². The van der Waals surface area contributed by atoms with E-state index in [1.54, 1.807) is 0 Å². The number of likely N-dealkylation sites (N-methyl/N-ethyl adjacent to an activating group) is 1. The molecule has 0 N–H and O–H groups in total. The predicted octanol–water partition coefficient (Wildman–Crippen LogP) is 1.52. The summed E-state index contributed by atoms with van der Waals surface area (Å²) in [5.74, 6) is 0.642. The normalized spacial score (nSPS) is 20.4. The summed E-state index contributed by atoms with van der Waals surface area (Å²) in [5, 5.41) is 0. The maximum absolute atomic E-state index is 12.1. The zero-order valence-electron chi connectivity index (χ0n) is 13.2. The summed E-state index contributed by atoms with van der Waals surface area (Å²) < 4.78 is 4.69. The Balaban J connectivity index is 2.48. The van der Waals surface area contributed by atoms with Gasteiger partial charge in [-0.25, -0.2) is 0 Å². The van der Waals surface area contributed by atoms with Crippen LogP contribution < -0.4 is 0 Å². The average Bonchev–Trinajstić information content (AvgIpc) is 2.58. The number of esters is 1. The van der Waals surface area contributed by atoms with Gasteiger partial charge in [0.2, 0.25) is 5.91 Å². The number of amides is 1. The van der Waals surface area contributed by atoms with Gasteiger partial charge < -0.3 is 9.64 Å². The van der Waals surface area contributed by atoms with Gasteiger partial charge in [-0.3, -0.25) is 14.5 Å². The van der Waals surface area contributed by atoms with E-state index in [9.17, 15) is 9.59 Å². The molecule has 0 aromatic carbocycles. The molecule has 1 atom stereocenters. The molecule has 1 amide bonds. The molecule has 5 heteroatoms. The maximum Gasteiger partial charge on any atom is 0.319 e. The molecule has 0 aromatic heterocycles. The lowest BCUT2D eigenvalue weighted by atomic mass is 10.1. The van der Waals surface area contributed by atoms with Gasteiger partial charge in [-0.05, 0) is 32.2 Å². The summed E-state index contributed by atoms with van der Waals surface area (Å²) in [6, 6.07) is 0.280. The molecule has 1 rings (SSSR count). The SMILES string of the molecule is COC(=O)CN(C)C1CCC(=O)N(CCC(C)C)CC1. The Labute approximate surface area is 122 Å². The predicted molar refractivity (Wildman–Crippen MR) is 78.3 cm³/mol. The largest absolute Gasteiger partial charge is 0.468 e. The molecule has 5 nitrogen and oxygen atoms in total. The first-order valence-corrected chi connectivity index (χ1v) is 7.48. The third-order valence-electron chi connectivity index (χ3n) is 3.98. The molecule has 0 aliphatic carbocycles. The highest BCUT2D eigenvalue weighted by Crippen LogP contribution is 2.17. The summed E-state index contributed by atoms with van der Waals surface area (Å²) in [6.45, 7) is 6.29. The highest BCUT2D eigenvalue weighted by molar-refractivity contribution is 5.76. The van der Waals surface area contributed by atoms with E-state index < -0.39 is 0 Å². The number of hydrogen-bond donors (Lipinski definition) is 0. The average molecular weight is 284 g/mol. The highest BCUT2D eigenvalue weighted by Gasteiger charge is 2.25. The van der Waals surface area contributed by atoms with Crippen molar-refractivity contribution in [3.63, 3.8) is 0 Å². The summed E-state index contributed by atoms with van der Waals surface area (Å²) in [4.78, 5) is 27.4. The van der Waals surface area contributed by atoms with Crippen molar-refractivity contribution in [3.8, 4) is 0 Å². The van der Waals surface area contributed by atoms with Crippen LogP contribution in [-0.4, -0.2) is 61.5 Å². The summed E-state index contributed by atoms with van der Waals surface area (Å²) in [7, 11) is 3.33. The molecular weight excluding hydrogens is 256 g/mol. The first-order valence-electron chi connectivity index (χ1n) is 7.48. The van der Waals surface area contributed by atoms with E-state index >= 15 is 0 Å². The molecule has 0 bridgehead atoms. The minimum atomic E-state index is -0.222. The van der Waals surface area contributed by atoms with E-state index in [0.717, 1.165) is 32.4 Å². The molecule has 1 saturated heterocycles. The first-order chi connectivity index (χ1) is 9.43. The molecule has 1 fully saturated rings. The maximum atomic E-state index is 12.1. The topological polar surface area (TPSA) is 49.9 Å². The van der Waals surface area contributed by atoms with Crippen molar-refractivity contribution in [1.29, 1.82) is 0 Å². The lowest BCUT2D eigenvalue weighted by molar-refractivity contribution is -0.142. The van der Waals surface area contributed by atoms with E-state index in [0.29, 0.717) is 18.9 Å². The highest BCUT2D eigenvalue weighted by atomic mass is 16.5. The van der Waals surface area contributed by atoms with Crippen LogP contribution in [0, 0.1) is 5.92 Å². The van der Waals surface area contributed by atoms with Crippen molar-refractivity contribution in [2.45, 2.75) is 45.6 Å². The van der Waals surface area contributed by atoms with Crippen molar-refractivity contribution < 1.29 is 14.3 Å². The molecule has 0 spiro atoms. The number of hydrogen-bond acceptors (Lipinski definition) is 4. The molecule has 0 saturated carbocycles. The molecule has 1 aliphatic heterocycles. The van der Waals surface area contributed by atoms with Crippen LogP contribution in [-0.2, 0) is 14.3 Å².